The van der Waals surface area contributed by atoms with Gasteiger partial charge in [0, 0.05) is 32.2 Å². The van der Waals surface area contributed by atoms with Crippen molar-refractivity contribution in [2.75, 3.05) is 20.3 Å². The highest BCUT2D eigenvalue weighted by atomic mass is 16.5. The van der Waals surface area contributed by atoms with E-state index in [1.807, 2.05) is 0 Å². The number of carbonyl (C=O) groups excluding carboxylic acids is 1. The van der Waals surface area contributed by atoms with Gasteiger partial charge in [0.2, 0.25) is 0 Å². The molecular formula is C12H24N2O4. The number of hydrogen-bond donors (Lipinski definition) is 3. The van der Waals surface area contributed by atoms with Gasteiger partial charge in [0.15, 0.2) is 0 Å². The summed E-state index contributed by atoms with van der Waals surface area (Å²) < 4.78 is 4.90. The number of rotatable bonds is 9. The Bertz CT molecular complexity index is 267. The first-order valence-electron chi connectivity index (χ1n) is 6.14. The van der Waals surface area contributed by atoms with E-state index in [4.69, 9.17) is 9.84 Å². The average molecular weight is 260 g/mol. The zero-order chi connectivity index (χ0) is 14.0. The van der Waals surface area contributed by atoms with Crippen LogP contribution in [0.5, 0.6) is 0 Å². The highest BCUT2D eigenvalue weighted by Crippen LogP contribution is 2.10. The van der Waals surface area contributed by atoms with Crippen molar-refractivity contribution in [1.29, 1.82) is 0 Å². The lowest BCUT2D eigenvalue weighted by atomic mass is 9.99. The second-order valence-corrected chi connectivity index (χ2v) is 4.86. The molecule has 0 aliphatic carbocycles. The number of carbonyl (C=O) groups is 2. The van der Waals surface area contributed by atoms with Crippen molar-refractivity contribution in [3.05, 3.63) is 0 Å². The van der Waals surface area contributed by atoms with Crippen molar-refractivity contribution in [2.24, 2.45) is 0 Å². The number of methoxy groups -OCH3 is 1. The Kier molecular flexibility index (Phi) is 8.11. The molecule has 0 aromatic heterocycles. The second-order valence-electron chi connectivity index (χ2n) is 4.86. The van der Waals surface area contributed by atoms with E-state index in [1.54, 1.807) is 21.0 Å². The lowest BCUT2D eigenvalue weighted by molar-refractivity contribution is -0.137. The van der Waals surface area contributed by atoms with Crippen LogP contribution in [-0.2, 0) is 9.53 Å². The van der Waals surface area contributed by atoms with Crippen LogP contribution in [0.3, 0.4) is 0 Å². The summed E-state index contributed by atoms with van der Waals surface area (Å²) in [5.74, 6) is -0.857. The Labute approximate surface area is 108 Å². The van der Waals surface area contributed by atoms with Crippen molar-refractivity contribution in [3.8, 4) is 0 Å². The van der Waals surface area contributed by atoms with Crippen LogP contribution in [0.25, 0.3) is 0 Å². The molecule has 0 aromatic rings. The normalized spacial score (nSPS) is 11.1. The Morgan fingerprint density at radius 1 is 1.28 bits per heavy atom. The zero-order valence-corrected chi connectivity index (χ0v) is 11.4. The quantitative estimate of drug-likeness (QED) is 0.546. The van der Waals surface area contributed by atoms with Gasteiger partial charge in [-0.2, -0.15) is 0 Å². The van der Waals surface area contributed by atoms with Gasteiger partial charge in [-0.3, -0.25) is 4.79 Å². The fourth-order valence-electron chi connectivity index (χ4n) is 1.41. The number of unbranched alkanes of at least 4 members (excludes halogenated alkanes) is 1. The van der Waals surface area contributed by atoms with Crippen LogP contribution < -0.4 is 10.6 Å². The molecular weight excluding hydrogens is 236 g/mol. The van der Waals surface area contributed by atoms with E-state index in [2.05, 4.69) is 10.6 Å². The highest BCUT2D eigenvalue weighted by Gasteiger charge is 2.21. The van der Waals surface area contributed by atoms with Gasteiger partial charge in [-0.15, -0.1) is 0 Å². The molecule has 0 fully saturated rings. The van der Waals surface area contributed by atoms with Crippen molar-refractivity contribution in [3.63, 3.8) is 0 Å². The van der Waals surface area contributed by atoms with Gasteiger partial charge < -0.3 is 20.5 Å². The number of carboxylic acids is 1. The molecule has 0 heterocycles. The number of amides is 2. The maximum atomic E-state index is 11.5. The number of urea groups is 1. The molecule has 0 aliphatic rings. The summed E-state index contributed by atoms with van der Waals surface area (Å²) >= 11 is 0. The van der Waals surface area contributed by atoms with Crippen LogP contribution >= 0.6 is 0 Å². The molecule has 0 saturated carbocycles. The first kappa shape index (κ1) is 16.7. The SMILES string of the molecule is COCCCCNC(=O)NC(C)(C)CCC(=O)O. The standard InChI is InChI=1S/C12H24N2O4/c1-12(2,7-6-10(15)16)14-11(17)13-8-4-5-9-18-3/h4-9H2,1-3H3,(H,15,16)(H2,13,14,17). The van der Waals surface area contributed by atoms with E-state index >= 15 is 0 Å². The molecule has 0 aromatic carbocycles. The maximum absolute atomic E-state index is 11.5. The third kappa shape index (κ3) is 9.89. The molecule has 3 N–H and O–H groups in total. The second kappa shape index (κ2) is 8.74. The van der Waals surface area contributed by atoms with Crippen LogP contribution in [0.15, 0.2) is 0 Å². The highest BCUT2D eigenvalue weighted by molar-refractivity contribution is 5.74. The van der Waals surface area contributed by atoms with Crippen molar-refractivity contribution in [1.82, 2.24) is 10.6 Å². The summed E-state index contributed by atoms with van der Waals surface area (Å²) in [6.07, 6.45) is 2.20. The smallest absolute Gasteiger partial charge is 0.315 e. The van der Waals surface area contributed by atoms with E-state index in [1.165, 1.54) is 0 Å². The fourth-order valence-corrected chi connectivity index (χ4v) is 1.41. The predicted molar refractivity (Wildman–Crippen MR) is 68.6 cm³/mol. The van der Waals surface area contributed by atoms with E-state index in [0.29, 0.717) is 19.6 Å². The van der Waals surface area contributed by atoms with Gasteiger partial charge in [-0.1, -0.05) is 0 Å². The summed E-state index contributed by atoms with van der Waals surface area (Å²) in [5.41, 5.74) is -0.519. The van der Waals surface area contributed by atoms with Gasteiger partial charge in [-0.05, 0) is 33.1 Å². The Morgan fingerprint density at radius 2 is 1.94 bits per heavy atom. The van der Waals surface area contributed by atoms with E-state index < -0.39 is 11.5 Å². The van der Waals surface area contributed by atoms with Crippen LogP contribution in [0.2, 0.25) is 0 Å². The van der Waals surface area contributed by atoms with Crippen LogP contribution in [0.4, 0.5) is 4.79 Å². The minimum atomic E-state index is -0.857. The third-order valence-electron chi connectivity index (χ3n) is 2.48. The molecule has 0 radical (unpaired) electrons. The molecule has 0 aliphatic heterocycles. The largest absolute Gasteiger partial charge is 0.481 e. The summed E-state index contributed by atoms with van der Waals surface area (Å²) in [5, 5.41) is 14.1. The summed E-state index contributed by atoms with van der Waals surface area (Å²) in [6.45, 7) is 4.89. The Morgan fingerprint density at radius 3 is 2.50 bits per heavy atom. The van der Waals surface area contributed by atoms with Crippen molar-refractivity contribution in [2.45, 2.75) is 45.1 Å². The van der Waals surface area contributed by atoms with Crippen molar-refractivity contribution < 1.29 is 19.4 Å². The Balaban J connectivity index is 3.74. The average Bonchev–Trinajstić information content (AvgIpc) is 2.26. The van der Waals surface area contributed by atoms with E-state index in [9.17, 15) is 9.59 Å². The zero-order valence-electron chi connectivity index (χ0n) is 11.4. The minimum Gasteiger partial charge on any atom is -0.481 e. The topological polar surface area (TPSA) is 87.7 Å². The van der Waals surface area contributed by atoms with Crippen LogP contribution in [0, 0.1) is 0 Å². The van der Waals surface area contributed by atoms with Gasteiger partial charge in [0.25, 0.3) is 0 Å². The molecule has 0 saturated heterocycles. The monoisotopic (exact) mass is 260 g/mol. The van der Waals surface area contributed by atoms with Gasteiger partial charge in [0.05, 0.1) is 0 Å². The molecule has 0 unspecified atom stereocenters. The molecule has 106 valence electrons. The van der Waals surface area contributed by atoms with Crippen molar-refractivity contribution >= 4 is 12.0 Å². The summed E-state index contributed by atoms with van der Waals surface area (Å²) in [6, 6.07) is -0.261. The molecule has 0 rings (SSSR count). The van der Waals surface area contributed by atoms with Gasteiger partial charge in [0.1, 0.15) is 0 Å². The van der Waals surface area contributed by atoms with Gasteiger partial charge in [-0.25, -0.2) is 4.79 Å². The number of carboxylic acid groups (broad SMARTS) is 1. The number of ether oxygens (including phenoxy) is 1. The number of hydrogen-bond acceptors (Lipinski definition) is 3. The lowest BCUT2D eigenvalue weighted by Crippen LogP contribution is -2.48. The number of aliphatic carboxylic acids is 1. The minimum absolute atomic E-state index is 0.0428. The third-order valence-corrected chi connectivity index (χ3v) is 2.48. The predicted octanol–water partition coefficient (Wildman–Crippen LogP) is 1.36. The summed E-state index contributed by atoms with van der Waals surface area (Å²) in [7, 11) is 1.64. The Hall–Kier alpha value is -1.30. The van der Waals surface area contributed by atoms with Crippen LogP contribution in [-0.4, -0.2) is 42.9 Å². The maximum Gasteiger partial charge on any atom is 0.315 e. The molecule has 6 heteroatoms. The summed E-state index contributed by atoms with van der Waals surface area (Å²) in [4.78, 5) is 22.0. The molecule has 0 atom stereocenters. The molecule has 0 bridgehead atoms. The van der Waals surface area contributed by atoms with Crippen LogP contribution in [0.1, 0.15) is 39.5 Å². The number of nitrogens with one attached hydrogen (secondary N) is 2. The molecule has 6 nitrogen and oxygen atoms in total. The molecule has 0 spiro atoms. The molecule has 18 heavy (non-hydrogen) atoms. The fraction of sp³-hybridized carbons (Fsp3) is 0.833. The first-order chi connectivity index (χ1) is 8.37. The first-order valence-corrected chi connectivity index (χ1v) is 6.14. The van der Waals surface area contributed by atoms with E-state index in [-0.39, 0.29) is 12.5 Å². The molecule has 2 amide bonds. The van der Waals surface area contributed by atoms with E-state index in [0.717, 1.165) is 12.8 Å². The van der Waals surface area contributed by atoms with Gasteiger partial charge >= 0.3 is 12.0 Å². The lowest BCUT2D eigenvalue weighted by Gasteiger charge is -2.25.